The summed E-state index contributed by atoms with van der Waals surface area (Å²) >= 11 is 0. The van der Waals surface area contributed by atoms with Crippen LogP contribution in [0.3, 0.4) is 0 Å². The molecule has 0 atom stereocenters. The summed E-state index contributed by atoms with van der Waals surface area (Å²) in [4.78, 5) is 23.1. The van der Waals surface area contributed by atoms with Crippen LogP contribution in [0.15, 0.2) is 0 Å². The molecule has 0 bridgehead atoms. The highest BCUT2D eigenvalue weighted by molar-refractivity contribution is 5.78. The topological polar surface area (TPSA) is 78.4 Å². The number of urea groups is 1. The summed E-state index contributed by atoms with van der Waals surface area (Å²) in [6.07, 6.45) is 4.24. The van der Waals surface area contributed by atoms with Gasteiger partial charge in [0.15, 0.2) is 0 Å². The molecule has 5 heteroatoms. The maximum absolute atomic E-state index is 11.7. The lowest BCUT2D eigenvalue weighted by molar-refractivity contribution is -0.150. The van der Waals surface area contributed by atoms with Crippen molar-refractivity contribution in [2.24, 2.45) is 5.41 Å². The van der Waals surface area contributed by atoms with Crippen molar-refractivity contribution in [1.82, 2.24) is 10.6 Å². The zero-order valence-corrected chi connectivity index (χ0v) is 11.5. The predicted octanol–water partition coefficient (Wildman–Crippen LogP) is 2.12. The van der Waals surface area contributed by atoms with Crippen LogP contribution in [0.4, 0.5) is 4.79 Å². The van der Waals surface area contributed by atoms with Crippen LogP contribution in [-0.4, -0.2) is 29.2 Å². The molecule has 18 heavy (non-hydrogen) atoms. The summed E-state index contributed by atoms with van der Waals surface area (Å²) in [6, 6.07) is -0.298. The molecule has 0 saturated heterocycles. The average molecular weight is 256 g/mol. The van der Waals surface area contributed by atoms with E-state index in [2.05, 4.69) is 10.6 Å². The molecule has 2 amide bonds. The fourth-order valence-electron chi connectivity index (χ4n) is 2.33. The first-order valence-corrected chi connectivity index (χ1v) is 6.55. The quantitative estimate of drug-likeness (QED) is 0.723. The number of aliphatic carboxylic acids is 1. The molecule has 1 saturated carbocycles. The van der Waals surface area contributed by atoms with Gasteiger partial charge in [0.05, 0.1) is 5.41 Å². The van der Waals surface area contributed by atoms with Gasteiger partial charge in [-0.15, -0.1) is 0 Å². The van der Waals surface area contributed by atoms with Crippen molar-refractivity contribution < 1.29 is 14.7 Å². The van der Waals surface area contributed by atoms with Gasteiger partial charge in [0.25, 0.3) is 0 Å². The van der Waals surface area contributed by atoms with Crippen molar-refractivity contribution in [3.05, 3.63) is 0 Å². The van der Waals surface area contributed by atoms with Crippen LogP contribution in [0.2, 0.25) is 0 Å². The van der Waals surface area contributed by atoms with E-state index in [0.717, 1.165) is 19.3 Å². The van der Waals surface area contributed by atoms with Crippen LogP contribution in [0.25, 0.3) is 0 Å². The number of hydrogen-bond donors (Lipinski definition) is 3. The van der Waals surface area contributed by atoms with Gasteiger partial charge in [-0.3, -0.25) is 4.79 Å². The number of carboxylic acid groups (broad SMARTS) is 1. The van der Waals surface area contributed by atoms with Crippen LogP contribution in [0.1, 0.15) is 52.9 Å². The minimum Gasteiger partial charge on any atom is -0.481 e. The van der Waals surface area contributed by atoms with Gasteiger partial charge in [-0.25, -0.2) is 4.79 Å². The second kappa shape index (κ2) is 5.59. The lowest BCUT2D eigenvalue weighted by atomic mass is 9.74. The average Bonchev–Trinajstić information content (AvgIpc) is 2.25. The van der Waals surface area contributed by atoms with E-state index >= 15 is 0 Å². The molecule has 3 N–H and O–H groups in total. The molecule has 1 aliphatic rings. The van der Waals surface area contributed by atoms with Gasteiger partial charge in [-0.2, -0.15) is 0 Å². The molecule has 0 aliphatic heterocycles. The maximum Gasteiger partial charge on any atom is 0.315 e. The second-order valence-electron chi connectivity index (χ2n) is 6.20. The van der Waals surface area contributed by atoms with Crippen molar-refractivity contribution in [3.8, 4) is 0 Å². The highest BCUT2D eigenvalue weighted by atomic mass is 16.4. The fourth-order valence-corrected chi connectivity index (χ4v) is 2.33. The van der Waals surface area contributed by atoms with Crippen LogP contribution in [0, 0.1) is 5.41 Å². The van der Waals surface area contributed by atoms with Crippen molar-refractivity contribution in [3.63, 3.8) is 0 Å². The summed E-state index contributed by atoms with van der Waals surface area (Å²) in [5.41, 5.74) is -1.08. The Hall–Kier alpha value is -1.26. The van der Waals surface area contributed by atoms with Crippen LogP contribution in [0.5, 0.6) is 0 Å². The summed E-state index contributed by atoms with van der Waals surface area (Å²) in [6.45, 7) is 5.88. The van der Waals surface area contributed by atoms with E-state index in [1.807, 2.05) is 20.8 Å². The summed E-state index contributed by atoms with van der Waals surface area (Å²) < 4.78 is 0. The van der Waals surface area contributed by atoms with Gasteiger partial charge >= 0.3 is 12.0 Å². The molecule has 0 unspecified atom stereocenters. The minimum atomic E-state index is -0.793. The van der Waals surface area contributed by atoms with E-state index in [0.29, 0.717) is 12.8 Å². The van der Waals surface area contributed by atoms with Gasteiger partial charge in [0.1, 0.15) is 0 Å². The molecule has 104 valence electrons. The lowest BCUT2D eigenvalue weighted by Crippen LogP contribution is -2.51. The largest absolute Gasteiger partial charge is 0.481 e. The normalized spacial score (nSPS) is 19.1. The number of nitrogens with one attached hydrogen (secondary N) is 2. The Balaban J connectivity index is 2.53. The minimum absolute atomic E-state index is 0.213. The first-order chi connectivity index (χ1) is 8.25. The third-order valence-corrected chi connectivity index (χ3v) is 3.34. The lowest BCUT2D eigenvalue weighted by Gasteiger charge is -2.33. The third-order valence-electron chi connectivity index (χ3n) is 3.34. The standard InChI is InChI=1S/C13H24N2O3/c1-12(2,3)15-11(18)14-9-13(10(16)17)7-5-4-6-8-13/h4-9H2,1-3H3,(H,16,17)(H2,14,15,18). The van der Waals surface area contributed by atoms with Gasteiger partial charge in [0.2, 0.25) is 0 Å². The molecule has 0 radical (unpaired) electrons. The molecular formula is C13H24N2O3. The molecular weight excluding hydrogens is 232 g/mol. The Kier molecular flexibility index (Phi) is 4.59. The van der Waals surface area contributed by atoms with E-state index in [1.165, 1.54) is 0 Å². The van der Waals surface area contributed by atoms with E-state index in [9.17, 15) is 14.7 Å². The summed E-state index contributed by atoms with van der Waals surface area (Å²) in [5, 5.41) is 14.8. The van der Waals surface area contributed by atoms with E-state index in [-0.39, 0.29) is 18.1 Å². The number of carbonyl (C=O) groups is 2. The van der Waals surface area contributed by atoms with Gasteiger partial charge in [-0.05, 0) is 33.6 Å². The molecule has 1 aliphatic carbocycles. The predicted molar refractivity (Wildman–Crippen MR) is 69.4 cm³/mol. The highest BCUT2D eigenvalue weighted by Gasteiger charge is 2.39. The van der Waals surface area contributed by atoms with E-state index < -0.39 is 11.4 Å². The van der Waals surface area contributed by atoms with Crippen LogP contribution in [-0.2, 0) is 4.79 Å². The molecule has 0 heterocycles. The molecule has 0 aromatic carbocycles. The van der Waals surface area contributed by atoms with Gasteiger partial charge in [0, 0.05) is 12.1 Å². The van der Waals surface area contributed by atoms with E-state index in [4.69, 9.17) is 0 Å². The van der Waals surface area contributed by atoms with Crippen molar-refractivity contribution in [2.75, 3.05) is 6.54 Å². The molecule has 1 rings (SSSR count). The first kappa shape index (κ1) is 14.8. The van der Waals surface area contributed by atoms with E-state index in [1.54, 1.807) is 0 Å². The Morgan fingerprint density at radius 2 is 1.72 bits per heavy atom. The Bertz CT molecular complexity index is 315. The fraction of sp³-hybridized carbons (Fsp3) is 0.846. The Morgan fingerprint density at radius 1 is 1.17 bits per heavy atom. The molecule has 0 aromatic heterocycles. The molecule has 1 fully saturated rings. The SMILES string of the molecule is CC(C)(C)NC(=O)NCC1(C(=O)O)CCCCC1. The second-order valence-corrected chi connectivity index (χ2v) is 6.20. The number of rotatable bonds is 3. The first-order valence-electron chi connectivity index (χ1n) is 6.55. The Labute approximate surface area is 108 Å². The monoisotopic (exact) mass is 256 g/mol. The summed E-state index contributed by atoms with van der Waals surface area (Å²) in [7, 11) is 0. The van der Waals surface area contributed by atoms with Gasteiger partial charge < -0.3 is 15.7 Å². The van der Waals surface area contributed by atoms with Crippen molar-refractivity contribution >= 4 is 12.0 Å². The number of hydrogen-bond acceptors (Lipinski definition) is 2. The zero-order chi connectivity index (χ0) is 13.8. The molecule has 5 nitrogen and oxygen atoms in total. The molecule has 0 spiro atoms. The maximum atomic E-state index is 11.7. The number of carboxylic acids is 1. The Morgan fingerprint density at radius 3 is 2.17 bits per heavy atom. The summed E-state index contributed by atoms with van der Waals surface area (Å²) in [5.74, 6) is -0.793. The third kappa shape index (κ3) is 4.20. The number of amides is 2. The van der Waals surface area contributed by atoms with Crippen molar-refractivity contribution in [2.45, 2.75) is 58.4 Å². The zero-order valence-electron chi connectivity index (χ0n) is 11.5. The van der Waals surface area contributed by atoms with Gasteiger partial charge in [-0.1, -0.05) is 19.3 Å². The smallest absolute Gasteiger partial charge is 0.315 e. The highest BCUT2D eigenvalue weighted by Crippen LogP contribution is 2.35. The van der Waals surface area contributed by atoms with Crippen LogP contribution >= 0.6 is 0 Å². The van der Waals surface area contributed by atoms with Crippen molar-refractivity contribution in [1.29, 1.82) is 0 Å². The van der Waals surface area contributed by atoms with Crippen LogP contribution < -0.4 is 10.6 Å². The molecule has 0 aromatic rings. The number of carbonyl (C=O) groups excluding carboxylic acids is 1.